The molecule has 0 saturated carbocycles. The molecule has 0 aliphatic carbocycles. The van der Waals surface area contributed by atoms with Crippen molar-refractivity contribution in [1.82, 2.24) is 14.5 Å². The van der Waals surface area contributed by atoms with Gasteiger partial charge in [0.15, 0.2) is 0 Å². The molecule has 5 aromatic rings. The quantitative estimate of drug-likeness (QED) is 0.203. The highest BCUT2D eigenvalue weighted by atomic mass is 35.5. The first-order chi connectivity index (χ1) is 21.2. The van der Waals surface area contributed by atoms with Crippen molar-refractivity contribution in [2.45, 2.75) is 31.4 Å². The van der Waals surface area contributed by atoms with Crippen LogP contribution in [0.2, 0.25) is 5.02 Å². The SMILES string of the molecule is CCc1nn(Cc2ccc(-c3ccccc3S(=O)(=O)NC(=O)OCc3ccccc3)cc2)c(=NC(=O)c2ccccc2Cl)s1. The van der Waals surface area contributed by atoms with Gasteiger partial charge in [-0.3, -0.25) is 4.79 Å². The first-order valence-electron chi connectivity index (χ1n) is 13.6. The Balaban J connectivity index is 1.34. The molecule has 224 valence electrons. The zero-order chi connectivity index (χ0) is 31.1. The fourth-order valence-corrected chi connectivity index (χ4v) is 6.46. The number of amides is 2. The number of sulfonamides is 1. The number of nitrogens with zero attached hydrogens (tertiary/aromatic N) is 3. The highest BCUT2D eigenvalue weighted by molar-refractivity contribution is 7.90. The van der Waals surface area contributed by atoms with E-state index in [0.29, 0.717) is 39.5 Å². The normalized spacial score (nSPS) is 11.7. The Morgan fingerprint density at radius 3 is 2.32 bits per heavy atom. The second-order valence-corrected chi connectivity index (χ2v) is 12.6. The van der Waals surface area contributed by atoms with E-state index in [1.807, 2.05) is 29.8 Å². The van der Waals surface area contributed by atoms with Crippen molar-refractivity contribution < 1.29 is 22.7 Å². The lowest BCUT2D eigenvalue weighted by Crippen LogP contribution is -2.31. The molecule has 0 atom stereocenters. The van der Waals surface area contributed by atoms with Gasteiger partial charge < -0.3 is 4.74 Å². The van der Waals surface area contributed by atoms with Gasteiger partial charge >= 0.3 is 6.09 Å². The smallest absolute Gasteiger partial charge is 0.421 e. The number of ether oxygens (including phenoxy) is 1. The molecule has 9 nitrogen and oxygen atoms in total. The van der Waals surface area contributed by atoms with Gasteiger partial charge in [-0.2, -0.15) is 10.1 Å². The van der Waals surface area contributed by atoms with Gasteiger partial charge in [0.25, 0.3) is 15.9 Å². The van der Waals surface area contributed by atoms with Crippen molar-refractivity contribution in [2.24, 2.45) is 4.99 Å². The van der Waals surface area contributed by atoms with Crippen LogP contribution in [0.3, 0.4) is 0 Å². The van der Waals surface area contributed by atoms with E-state index in [0.717, 1.165) is 16.1 Å². The van der Waals surface area contributed by atoms with Crippen molar-refractivity contribution in [3.63, 3.8) is 0 Å². The van der Waals surface area contributed by atoms with Crippen molar-refractivity contribution in [1.29, 1.82) is 0 Å². The number of aromatic nitrogens is 2. The summed E-state index contributed by atoms with van der Waals surface area (Å²) in [5, 5.41) is 5.75. The number of hydrogen-bond donors (Lipinski definition) is 1. The molecule has 2 amide bonds. The standard InChI is InChI=1S/C32H27ClN4O5S2/c1-2-29-35-37(31(43-29)34-30(38)26-13-6-8-14-27(26)33)20-22-16-18-24(19-17-22)25-12-7-9-15-28(25)44(40,41)36-32(39)42-21-23-10-4-3-5-11-23/h3-19H,2,20-21H2,1H3,(H,36,39). The third kappa shape index (κ3) is 7.49. The number of carbonyl (C=O) groups is 2. The summed E-state index contributed by atoms with van der Waals surface area (Å²) in [5.41, 5.74) is 2.94. The minimum absolute atomic E-state index is 0.0643. The number of benzene rings is 4. The summed E-state index contributed by atoms with van der Waals surface area (Å²) in [6, 6.07) is 29.4. The first kappa shape index (κ1) is 30.9. The van der Waals surface area contributed by atoms with Crippen molar-refractivity contribution in [3.05, 3.63) is 135 Å². The van der Waals surface area contributed by atoms with E-state index in [1.54, 1.807) is 83.5 Å². The Hall–Kier alpha value is -4.58. The van der Waals surface area contributed by atoms with Crippen LogP contribution in [0.1, 0.15) is 33.4 Å². The first-order valence-corrected chi connectivity index (χ1v) is 16.2. The molecule has 0 spiro atoms. The molecule has 1 aromatic heterocycles. The van der Waals surface area contributed by atoms with E-state index in [1.165, 1.54) is 17.4 Å². The largest absolute Gasteiger partial charge is 0.444 e. The van der Waals surface area contributed by atoms with Crippen LogP contribution in [-0.2, 0) is 34.3 Å². The fourth-order valence-electron chi connectivity index (χ4n) is 4.28. The van der Waals surface area contributed by atoms with Crippen molar-refractivity contribution >= 4 is 45.0 Å². The lowest BCUT2D eigenvalue weighted by molar-refractivity contribution is 0.0997. The zero-order valence-electron chi connectivity index (χ0n) is 23.5. The van der Waals surface area contributed by atoms with Crippen LogP contribution >= 0.6 is 22.9 Å². The molecular weight excluding hydrogens is 620 g/mol. The molecule has 44 heavy (non-hydrogen) atoms. The summed E-state index contributed by atoms with van der Waals surface area (Å²) in [6.07, 6.45) is -0.390. The van der Waals surface area contributed by atoms with Gasteiger partial charge in [0.2, 0.25) is 4.80 Å². The van der Waals surface area contributed by atoms with Gasteiger partial charge in [0.05, 0.1) is 22.0 Å². The van der Waals surface area contributed by atoms with Crippen LogP contribution < -0.4 is 9.52 Å². The van der Waals surface area contributed by atoms with Gasteiger partial charge in [-0.25, -0.2) is 22.6 Å². The summed E-state index contributed by atoms with van der Waals surface area (Å²) in [5.74, 6) is -0.457. The monoisotopic (exact) mass is 646 g/mol. The van der Waals surface area contributed by atoms with E-state index < -0.39 is 22.0 Å². The number of rotatable bonds is 9. The number of carbonyl (C=O) groups excluding carboxylic acids is 2. The summed E-state index contributed by atoms with van der Waals surface area (Å²) in [4.78, 5) is 29.9. The second kappa shape index (κ2) is 13.8. The topological polar surface area (TPSA) is 120 Å². The van der Waals surface area contributed by atoms with Gasteiger partial charge in [0.1, 0.15) is 11.6 Å². The van der Waals surface area contributed by atoms with Crippen molar-refractivity contribution in [2.75, 3.05) is 0 Å². The Kier molecular flexibility index (Phi) is 9.69. The van der Waals surface area contributed by atoms with Gasteiger partial charge in [-0.1, -0.05) is 115 Å². The minimum atomic E-state index is -4.24. The summed E-state index contributed by atoms with van der Waals surface area (Å²) < 4.78 is 35.1. The molecule has 0 aliphatic rings. The fraction of sp³-hybridized carbons (Fsp3) is 0.125. The molecule has 0 aliphatic heterocycles. The van der Waals surface area contributed by atoms with Gasteiger partial charge in [-0.15, -0.1) is 0 Å². The Bertz CT molecular complexity index is 1970. The molecule has 0 fully saturated rings. The molecule has 0 saturated heterocycles. The lowest BCUT2D eigenvalue weighted by Gasteiger charge is -2.12. The van der Waals surface area contributed by atoms with Crippen LogP contribution in [0.25, 0.3) is 11.1 Å². The number of aryl methyl sites for hydroxylation is 1. The predicted octanol–water partition coefficient (Wildman–Crippen LogP) is 6.23. The average Bonchev–Trinajstić information content (AvgIpc) is 3.41. The Morgan fingerprint density at radius 2 is 1.59 bits per heavy atom. The van der Waals surface area contributed by atoms with E-state index in [2.05, 4.69) is 10.1 Å². The Labute approximate surface area is 263 Å². The molecule has 1 heterocycles. The highest BCUT2D eigenvalue weighted by Crippen LogP contribution is 2.28. The predicted molar refractivity (Wildman–Crippen MR) is 169 cm³/mol. The highest BCUT2D eigenvalue weighted by Gasteiger charge is 2.22. The van der Waals surface area contributed by atoms with E-state index in [9.17, 15) is 18.0 Å². The van der Waals surface area contributed by atoms with Gasteiger partial charge in [-0.05, 0) is 41.3 Å². The van der Waals surface area contributed by atoms with Crippen molar-refractivity contribution in [3.8, 4) is 11.1 Å². The van der Waals surface area contributed by atoms with Crippen LogP contribution in [0.4, 0.5) is 4.79 Å². The molecule has 12 heteroatoms. The molecule has 5 rings (SSSR count). The second-order valence-electron chi connectivity index (χ2n) is 9.55. The maximum atomic E-state index is 13.2. The summed E-state index contributed by atoms with van der Waals surface area (Å²) in [7, 11) is -4.24. The van der Waals surface area contributed by atoms with E-state index in [4.69, 9.17) is 16.3 Å². The summed E-state index contributed by atoms with van der Waals surface area (Å²) >= 11 is 7.52. The molecule has 0 bridgehead atoms. The van der Waals surface area contributed by atoms with E-state index in [-0.39, 0.29) is 11.5 Å². The van der Waals surface area contributed by atoms with Crippen LogP contribution in [0, 0.1) is 0 Å². The van der Waals surface area contributed by atoms with E-state index >= 15 is 0 Å². The lowest BCUT2D eigenvalue weighted by atomic mass is 10.0. The van der Waals surface area contributed by atoms with Crippen LogP contribution in [-0.4, -0.2) is 30.2 Å². The number of halogens is 1. The molecule has 4 aromatic carbocycles. The number of hydrogen-bond acceptors (Lipinski definition) is 7. The molecule has 1 N–H and O–H groups in total. The Morgan fingerprint density at radius 1 is 0.909 bits per heavy atom. The molecule has 0 radical (unpaired) electrons. The van der Waals surface area contributed by atoms with Gasteiger partial charge in [0, 0.05) is 5.56 Å². The molecule has 0 unspecified atom stereocenters. The van der Waals surface area contributed by atoms with Crippen LogP contribution in [0.15, 0.2) is 113 Å². The number of nitrogens with one attached hydrogen (secondary N) is 1. The summed E-state index contributed by atoms with van der Waals surface area (Å²) in [6.45, 7) is 2.24. The zero-order valence-corrected chi connectivity index (χ0v) is 25.9. The minimum Gasteiger partial charge on any atom is -0.444 e. The third-order valence-corrected chi connectivity index (χ3v) is 9.26. The average molecular weight is 647 g/mol. The molecular formula is C32H27ClN4O5S2. The third-order valence-electron chi connectivity index (χ3n) is 6.47. The maximum Gasteiger partial charge on any atom is 0.421 e. The maximum absolute atomic E-state index is 13.2. The van der Waals surface area contributed by atoms with Crippen LogP contribution in [0.5, 0.6) is 0 Å².